The fourth-order valence-electron chi connectivity index (χ4n) is 2.28. The number of pyridine rings is 1. The van der Waals surface area contributed by atoms with Gasteiger partial charge < -0.3 is 24.8 Å². The molecule has 0 saturated heterocycles. The van der Waals surface area contributed by atoms with Gasteiger partial charge >= 0.3 is 0 Å². The normalized spacial score (nSPS) is 12.0. The molecule has 1 aliphatic rings. The number of nitrogens with zero attached hydrogens (tertiary/aromatic N) is 1. The summed E-state index contributed by atoms with van der Waals surface area (Å²) < 4.78 is 15.6. The van der Waals surface area contributed by atoms with Crippen molar-refractivity contribution in [1.29, 1.82) is 0 Å². The number of anilines is 1. The van der Waals surface area contributed by atoms with Crippen LogP contribution in [-0.4, -0.2) is 37.9 Å². The first-order valence-electron chi connectivity index (χ1n) is 7.62. The van der Waals surface area contributed by atoms with E-state index in [1.54, 1.807) is 19.4 Å². The minimum atomic E-state index is -0.223. The predicted octanol–water partition coefficient (Wildman–Crippen LogP) is 1.80. The summed E-state index contributed by atoms with van der Waals surface area (Å²) >= 11 is 0. The monoisotopic (exact) mass is 329 g/mol. The molecule has 3 rings (SSSR count). The van der Waals surface area contributed by atoms with E-state index < -0.39 is 0 Å². The number of rotatable bonds is 7. The van der Waals surface area contributed by atoms with Crippen molar-refractivity contribution in [3.05, 3.63) is 47.8 Å². The molecule has 2 aromatic rings. The van der Waals surface area contributed by atoms with Crippen LogP contribution in [-0.2, 0) is 11.3 Å². The van der Waals surface area contributed by atoms with Crippen LogP contribution >= 0.6 is 0 Å². The topological polar surface area (TPSA) is 81.7 Å². The van der Waals surface area contributed by atoms with Crippen LogP contribution in [0.3, 0.4) is 0 Å². The summed E-state index contributed by atoms with van der Waals surface area (Å²) in [5.74, 6) is 1.29. The average molecular weight is 329 g/mol. The van der Waals surface area contributed by atoms with Crippen molar-refractivity contribution in [1.82, 2.24) is 10.3 Å². The molecule has 1 amide bonds. The minimum Gasteiger partial charge on any atom is -0.454 e. The van der Waals surface area contributed by atoms with E-state index in [4.69, 9.17) is 14.2 Å². The molecule has 0 fully saturated rings. The third kappa shape index (κ3) is 3.94. The van der Waals surface area contributed by atoms with Crippen LogP contribution in [0.25, 0.3) is 0 Å². The van der Waals surface area contributed by atoms with Gasteiger partial charge in [-0.2, -0.15) is 0 Å². The van der Waals surface area contributed by atoms with Gasteiger partial charge in [-0.3, -0.25) is 9.78 Å². The lowest BCUT2D eigenvalue weighted by atomic mass is 10.2. The van der Waals surface area contributed by atoms with Gasteiger partial charge in [-0.05, 0) is 29.8 Å². The molecule has 7 heteroatoms. The van der Waals surface area contributed by atoms with Crippen LogP contribution in [0.2, 0.25) is 0 Å². The summed E-state index contributed by atoms with van der Waals surface area (Å²) in [6.45, 7) is 1.78. The van der Waals surface area contributed by atoms with Crippen molar-refractivity contribution in [3.8, 4) is 11.5 Å². The Kier molecular flexibility index (Phi) is 5.12. The third-order valence-corrected chi connectivity index (χ3v) is 3.52. The smallest absolute Gasteiger partial charge is 0.270 e. The molecule has 1 aliphatic heterocycles. The number of aromatic nitrogens is 1. The van der Waals surface area contributed by atoms with Gasteiger partial charge in [-0.1, -0.05) is 6.07 Å². The Morgan fingerprint density at radius 1 is 1.25 bits per heavy atom. The van der Waals surface area contributed by atoms with E-state index in [9.17, 15) is 4.79 Å². The molecule has 2 heterocycles. The lowest BCUT2D eigenvalue weighted by molar-refractivity contribution is 0.0932. The number of methoxy groups -OCH3 is 1. The van der Waals surface area contributed by atoms with Gasteiger partial charge in [-0.25, -0.2) is 0 Å². The van der Waals surface area contributed by atoms with Gasteiger partial charge in [0.2, 0.25) is 6.79 Å². The summed E-state index contributed by atoms with van der Waals surface area (Å²) in [6, 6.07) is 9.34. The molecule has 0 radical (unpaired) electrons. The highest BCUT2D eigenvalue weighted by molar-refractivity contribution is 5.93. The first-order chi connectivity index (χ1) is 11.8. The Hall–Kier alpha value is -2.80. The number of nitrogens with one attached hydrogen (secondary N) is 2. The quantitative estimate of drug-likeness (QED) is 0.754. The molecule has 7 nitrogen and oxygen atoms in total. The summed E-state index contributed by atoms with van der Waals surface area (Å²) in [6.07, 6.45) is 1.60. The van der Waals surface area contributed by atoms with E-state index in [0.29, 0.717) is 25.4 Å². The van der Waals surface area contributed by atoms with Crippen LogP contribution in [0.4, 0.5) is 5.69 Å². The predicted molar refractivity (Wildman–Crippen MR) is 88.3 cm³/mol. The Balaban J connectivity index is 1.59. The molecule has 2 N–H and O–H groups in total. The Morgan fingerprint density at radius 2 is 2.12 bits per heavy atom. The first-order valence-corrected chi connectivity index (χ1v) is 7.62. The number of fused-ring (bicyclic) bond motifs is 1. The maximum absolute atomic E-state index is 12.0. The van der Waals surface area contributed by atoms with Crippen LogP contribution in [0.5, 0.6) is 11.5 Å². The maximum Gasteiger partial charge on any atom is 0.270 e. The molecule has 0 saturated carbocycles. The number of carbonyl (C=O) groups excluding carboxylic acids is 1. The van der Waals surface area contributed by atoms with E-state index >= 15 is 0 Å². The van der Waals surface area contributed by atoms with E-state index in [0.717, 1.165) is 22.7 Å². The van der Waals surface area contributed by atoms with Gasteiger partial charge in [0.05, 0.1) is 6.61 Å². The zero-order valence-electron chi connectivity index (χ0n) is 13.4. The Morgan fingerprint density at radius 3 is 3.00 bits per heavy atom. The molecular formula is C17H19N3O4. The van der Waals surface area contributed by atoms with Gasteiger partial charge in [-0.15, -0.1) is 0 Å². The molecule has 1 aromatic heterocycles. The van der Waals surface area contributed by atoms with Crippen LogP contribution in [0, 0.1) is 0 Å². The average Bonchev–Trinajstić information content (AvgIpc) is 3.08. The summed E-state index contributed by atoms with van der Waals surface area (Å²) in [5.41, 5.74) is 2.24. The first kappa shape index (κ1) is 16.1. The van der Waals surface area contributed by atoms with Gasteiger partial charge in [0.1, 0.15) is 5.69 Å². The number of benzene rings is 1. The van der Waals surface area contributed by atoms with Crippen molar-refractivity contribution >= 4 is 11.6 Å². The fourth-order valence-corrected chi connectivity index (χ4v) is 2.28. The Bertz CT molecular complexity index is 721. The molecule has 1 aromatic carbocycles. The third-order valence-electron chi connectivity index (χ3n) is 3.52. The van der Waals surface area contributed by atoms with Crippen LogP contribution in [0.15, 0.2) is 36.5 Å². The molecule has 0 unspecified atom stereocenters. The Labute approximate surface area is 139 Å². The minimum absolute atomic E-state index is 0.223. The lowest BCUT2D eigenvalue weighted by Gasteiger charge is -2.09. The second-order valence-corrected chi connectivity index (χ2v) is 5.22. The van der Waals surface area contributed by atoms with E-state index in [1.807, 2.05) is 24.3 Å². The number of carbonyl (C=O) groups is 1. The van der Waals surface area contributed by atoms with E-state index in [-0.39, 0.29) is 12.7 Å². The number of amides is 1. The van der Waals surface area contributed by atoms with Crippen LogP contribution in [0.1, 0.15) is 16.1 Å². The SMILES string of the molecule is COCCNC(=O)c1cc(NCc2ccc3c(c2)OCO3)ccn1. The largest absolute Gasteiger partial charge is 0.454 e. The zero-order valence-corrected chi connectivity index (χ0v) is 13.4. The van der Waals surface area contributed by atoms with Crippen molar-refractivity contribution in [2.24, 2.45) is 0 Å². The number of hydrogen-bond acceptors (Lipinski definition) is 6. The number of hydrogen-bond donors (Lipinski definition) is 2. The summed E-state index contributed by atoms with van der Waals surface area (Å²) in [4.78, 5) is 16.1. The van der Waals surface area contributed by atoms with Gasteiger partial charge in [0, 0.05) is 32.1 Å². The van der Waals surface area contributed by atoms with Gasteiger partial charge in [0.15, 0.2) is 11.5 Å². The highest BCUT2D eigenvalue weighted by Gasteiger charge is 2.13. The second-order valence-electron chi connectivity index (χ2n) is 5.22. The van der Waals surface area contributed by atoms with Gasteiger partial charge in [0.25, 0.3) is 5.91 Å². The van der Waals surface area contributed by atoms with Crippen molar-refractivity contribution in [2.75, 3.05) is 32.4 Å². The molecule has 0 bridgehead atoms. The lowest BCUT2D eigenvalue weighted by Crippen LogP contribution is -2.27. The summed E-state index contributed by atoms with van der Waals surface area (Å²) in [5, 5.41) is 6.02. The molecule has 0 atom stereocenters. The highest BCUT2D eigenvalue weighted by Crippen LogP contribution is 2.32. The zero-order chi connectivity index (χ0) is 16.8. The van der Waals surface area contributed by atoms with E-state index in [2.05, 4.69) is 15.6 Å². The van der Waals surface area contributed by atoms with Crippen LogP contribution < -0.4 is 20.1 Å². The van der Waals surface area contributed by atoms with E-state index in [1.165, 1.54) is 0 Å². The van der Waals surface area contributed by atoms with Crippen molar-refractivity contribution in [3.63, 3.8) is 0 Å². The summed E-state index contributed by atoms with van der Waals surface area (Å²) in [7, 11) is 1.59. The molecule has 126 valence electrons. The van der Waals surface area contributed by atoms with Crippen molar-refractivity contribution in [2.45, 2.75) is 6.54 Å². The maximum atomic E-state index is 12.0. The highest BCUT2D eigenvalue weighted by atomic mass is 16.7. The molecule has 0 aliphatic carbocycles. The molecule has 0 spiro atoms. The standard InChI is InChI=1S/C17H19N3O4/c1-22-7-6-19-17(21)14-9-13(4-5-18-14)20-10-12-2-3-15-16(8-12)24-11-23-15/h2-5,8-9H,6-7,10-11H2,1H3,(H,18,20)(H,19,21). The second kappa shape index (κ2) is 7.65. The van der Waals surface area contributed by atoms with Crippen molar-refractivity contribution < 1.29 is 19.0 Å². The fraction of sp³-hybridized carbons (Fsp3) is 0.294. The number of ether oxygens (including phenoxy) is 3. The molecule has 24 heavy (non-hydrogen) atoms. The molecular weight excluding hydrogens is 310 g/mol.